The summed E-state index contributed by atoms with van der Waals surface area (Å²) in [6, 6.07) is 18.4. The Kier molecular flexibility index (Phi) is 4.74. The van der Waals surface area contributed by atoms with Crippen LogP contribution in [0.2, 0.25) is 0 Å². The minimum absolute atomic E-state index is 0.0156. The topological polar surface area (TPSA) is 29.1 Å². The van der Waals surface area contributed by atoms with Gasteiger partial charge in [0.2, 0.25) is 5.91 Å². The highest BCUT2D eigenvalue weighted by atomic mass is 19.4. The number of rotatable bonds is 4. The van der Waals surface area contributed by atoms with Crippen LogP contribution in [0, 0.1) is 0 Å². The monoisotopic (exact) mass is 343 g/mol. The van der Waals surface area contributed by atoms with Crippen LogP contribution >= 0.6 is 0 Å². The summed E-state index contributed by atoms with van der Waals surface area (Å²) in [6.45, 7) is 0. The van der Waals surface area contributed by atoms with E-state index in [9.17, 15) is 18.0 Å². The van der Waals surface area contributed by atoms with E-state index in [-0.39, 0.29) is 12.0 Å². The quantitative estimate of drug-likeness (QED) is 0.724. The first-order valence-electron chi connectivity index (χ1n) is 7.82. The average Bonchev–Trinajstić information content (AvgIpc) is 2.59. The predicted molar refractivity (Wildman–Crippen MR) is 91.0 cm³/mol. The van der Waals surface area contributed by atoms with Gasteiger partial charge in [0.25, 0.3) is 0 Å². The second kappa shape index (κ2) is 6.97. The molecule has 0 saturated heterocycles. The molecule has 0 aromatic heterocycles. The third-order valence-electron chi connectivity index (χ3n) is 3.94. The van der Waals surface area contributed by atoms with Crippen molar-refractivity contribution in [3.63, 3.8) is 0 Å². The van der Waals surface area contributed by atoms with Crippen LogP contribution in [-0.4, -0.2) is 12.1 Å². The molecule has 1 amide bonds. The van der Waals surface area contributed by atoms with E-state index < -0.39 is 18.1 Å². The lowest BCUT2D eigenvalue weighted by Crippen LogP contribution is -2.38. The lowest BCUT2D eigenvalue weighted by atomic mass is 10.0. The number of alkyl halides is 3. The Morgan fingerprint density at radius 3 is 2.20 bits per heavy atom. The minimum atomic E-state index is -4.56. The molecule has 0 bridgehead atoms. The maximum absolute atomic E-state index is 13.3. The van der Waals surface area contributed by atoms with E-state index in [1.807, 2.05) is 36.4 Å². The van der Waals surface area contributed by atoms with Crippen LogP contribution in [0.25, 0.3) is 10.8 Å². The zero-order valence-corrected chi connectivity index (χ0v) is 13.3. The van der Waals surface area contributed by atoms with Crippen molar-refractivity contribution >= 4 is 16.7 Å². The molecule has 3 rings (SSSR count). The highest BCUT2D eigenvalue weighted by Crippen LogP contribution is 2.32. The van der Waals surface area contributed by atoms with Crippen LogP contribution in [0.15, 0.2) is 72.8 Å². The van der Waals surface area contributed by atoms with Gasteiger partial charge in [0.15, 0.2) is 6.04 Å². The Balaban J connectivity index is 1.77. The van der Waals surface area contributed by atoms with E-state index in [0.717, 1.165) is 10.8 Å². The van der Waals surface area contributed by atoms with Crippen LogP contribution < -0.4 is 5.32 Å². The van der Waals surface area contributed by atoms with Gasteiger partial charge in [-0.3, -0.25) is 4.79 Å². The van der Waals surface area contributed by atoms with Gasteiger partial charge in [-0.25, -0.2) is 0 Å². The van der Waals surface area contributed by atoms with Crippen LogP contribution in [0.3, 0.4) is 0 Å². The number of amides is 1. The fourth-order valence-corrected chi connectivity index (χ4v) is 2.75. The maximum Gasteiger partial charge on any atom is 0.412 e. The summed E-state index contributed by atoms with van der Waals surface area (Å²) >= 11 is 0. The summed E-state index contributed by atoms with van der Waals surface area (Å²) in [5, 5.41) is 4.07. The number of halogens is 3. The first-order valence-corrected chi connectivity index (χ1v) is 7.82. The highest BCUT2D eigenvalue weighted by Gasteiger charge is 2.41. The SMILES string of the molecule is O=C(Cc1ccc2ccccc2c1)NC(c1ccccc1)C(F)(F)F. The van der Waals surface area contributed by atoms with Crippen LogP contribution in [0.4, 0.5) is 13.2 Å². The number of carbonyl (C=O) groups is 1. The van der Waals surface area contributed by atoms with Gasteiger partial charge < -0.3 is 5.32 Å². The standard InChI is InChI=1S/C20H16F3NO/c21-20(22,23)19(16-7-2-1-3-8-16)24-18(25)13-14-10-11-15-6-4-5-9-17(15)12-14/h1-12,19H,13H2,(H,24,25). The highest BCUT2D eigenvalue weighted by molar-refractivity contribution is 5.85. The van der Waals surface area contributed by atoms with Crippen molar-refractivity contribution in [2.75, 3.05) is 0 Å². The molecule has 0 heterocycles. The van der Waals surface area contributed by atoms with Crippen molar-refractivity contribution in [3.8, 4) is 0 Å². The van der Waals surface area contributed by atoms with Gasteiger partial charge in [0.05, 0.1) is 6.42 Å². The number of hydrogen-bond acceptors (Lipinski definition) is 1. The number of hydrogen-bond donors (Lipinski definition) is 1. The first-order chi connectivity index (χ1) is 11.9. The first kappa shape index (κ1) is 17.0. The smallest absolute Gasteiger partial charge is 0.341 e. The van der Waals surface area contributed by atoms with Gasteiger partial charge in [-0.2, -0.15) is 13.2 Å². The van der Waals surface area contributed by atoms with Crippen LogP contribution in [-0.2, 0) is 11.2 Å². The molecule has 1 atom stereocenters. The molecule has 0 aliphatic carbocycles. The van der Waals surface area contributed by atoms with Gasteiger partial charge >= 0.3 is 6.18 Å². The number of nitrogens with one attached hydrogen (secondary N) is 1. The molecule has 5 heteroatoms. The van der Waals surface area contributed by atoms with Crippen LogP contribution in [0.1, 0.15) is 17.2 Å². The fraction of sp³-hybridized carbons (Fsp3) is 0.150. The molecule has 0 spiro atoms. The van der Waals surface area contributed by atoms with E-state index in [0.29, 0.717) is 5.56 Å². The van der Waals surface area contributed by atoms with Crippen molar-refractivity contribution < 1.29 is 18.0 Å². The van der Waals surface area contributed by atoms with E-state index in [4.69, 9.17) is 0 Å². The molecule has 0 fully saturated rings. The third-order valence-corrected chi connectivity index (χ3v) is 3.94. The molecule has 25 heavy (non-hydrogen) atoms. The third kappa shape index (κ3) is 4.18. The summed E-state index contributed by atoms with van der Waals surface area (Å²) in [5.41, 5.74) is 0.687. The van der Waals surface area contributed by atoms with Crippen molar-refractivity contribution in [2.45, 2.75) is 18.6 Å². The van der Waals surface area contributed by atoms with Gasteiger partial charge in [-0.1, -0.05) is 72.8 Å². The molecule has 3 aromatic carbocycles. The molecule has 0 saturated carbocycles. The van der Waals surface area contributed by atoms with E-state index >= 15 is 0 Å². The van der Waals surface area contributed by atoms with Crippen molar-refractivity contribution in [2.24, 2.45) is 0 Å². The molecule has 0 aliphatic heterocycles. The molecule has 0 radical (unpaired) electrons. The number of carbonyl (C=O) groups excluding carboxylic acids is 1. The van der Waals surface area contributed by atoms with Gasteiger partial charge in [0, 0.05) is 0 Å². The Hall–Kier alpha value is -2.82. The Bertz CT molecular complexity index is 875. The molecule has 1 N–H and O–H groups in total. The van der Waals surface area contributed by atoms with Crippen molar-refractivity contribution in [1.82, 2.24) is 5.32 Å². The molecule has 1 unspecified atom stereocenters. The summed E-state index contributed by atoms with van der Waals surface area (Å²) in [7, 11) is 0. The maximum atomic E-state index is 13.3. The lowest BCUT2D eigenvalue weighted by Gasteiger charge is -2.22. The van der Waals surface area contributed by atoms with Gasteiger partial charge in [-0.05, 0) is 21.9 Å². The fourth-order valence-electron chi connectivity index (χ4n) is 2.75. The molecule has 3 aromatic rings. The Labute approximate surface area is 143 Å². The second-order valence-corrected chi connectivity index (χ2v) is 5.81. The van der Waals surface area contributed by atoms with Crippen LogP contribution in [0.5, 0.6) is 0 Å². The van der Waals surface area contributed by atoms with Crippen molar-refractivity contribution in [3.05, 3.63) is 83.9 Å². The van der Waals surface area contributed by atoms with E-state index in [1.54, 1.807) is 12.1 Å². The Morgan fingerprint density at radius 2 is 1.52 bits per heavy atom. The summed E-state index contributed by atoms with van der Waals surface area (Å²) in [4.78, 5) is 12.2. The van der Waals surface area contributed by atoms with E-state index in [1.165, 1.54) is 24.3 Å². The number of benzene rings is 3. The molecular weight excluding hydrogens is 327 g/mol. The van der Waals surface area contributed by atoms with E-state index in [2.05, 4.69) is 5.32 Å². The summed E-state index contributed by atoms with van der Waals surface area (Å²) in [6.07, 6.45) is -4.66. The van der Waals surface area contributed by atoms with Crippen molar-refractivity contribution in [1.29, 1.82) is 0 Å². The normalized spacial score (nSPS) is 12.8. The zero-order valence-electron chi connectivity index (χ0n) is 13.3. The number of fused-ring (bicyclic) bond motifs is 1. The largest absolute Gasteiger partial charge is 0.412 e. The lowest BCUT2D eigenvalue weighted by molar-refractivity contribution is -0.163. The van der Waals surface area contributed by atoms with Gasteiger partial charge in [0.1, 0.15) is 0 Å². The molecule has 128 valence electrons. The second-order valence-electron chi connectivity index (χ2n) is 5.81. The molecule has 0 aliphatic rings. The zero-order chi connectivity index (χ0) is 17.9. The minimum Gasteiger partial charge on any atom is -0.341 e. The van der Waals surface area contributed by atoms with Gasteiger partial charge in [-0.15, -0.1) is 0 Å². The molecular formula is C20H16F3NO. The summed E-state index contributed by atoms with van der Waals surface area (Å²) in [5.74, 6) is -0.665. The Morgan fingerprint density at radius 1 is 0.880 bits per heavy atom. The predicted octanol–water partition coefficient (Wildman–Crippen LogP) is 4.80. The molecule has 2 nitrogen and oxygen atoms in total. The summed E-state index contributed by atoms with van der Waals surface area (Å²) < 4.78 is 39.9. The average molecular weight is 343 g/mol.